The molecule has 5 nitrogen and oxygen atoms in total. The molecule has 0 aliphatic carbocycles. The second-order valence-electron chi connectivity index (χ2n) is 7.59. The molecule has 0 N–H and O–H groups in total. The summed E-state index contributed by atoms with van der Waals surface area (Å²) in [7, 11) is 0. The third kappa shape index (κ3) is 11.5. The van der Waals surface area contributed by atoms with Gasteiger partial charge in [-0.15, -0.1) is 0 Å². The van der Waals surface area contributed by atoms with Crippen molar-refractivity contribution in [1.82, 2.24) is 0 Å². The van der Waals surface area contributed by atoms with Crippen LogP contribution in [0, 0.1) is 0 Å². The Morgan fingerprint density at radius 1 is 0.786 bits per heavy atom. The molecule has 1 aromatic rings. The molecule has 0 saturated carbocycles. The molecule has 0 fully saturated rings. The van der Waals surface area contributed by atoms with Gasteiger partial charge in [-0.1, -0.05) is 26.7 Å². The van der Waals surface area contributed by atoms with Gasteiger partial charge in [0.2, 0.25) is 6.79 Å². The molecule has 162 valence electrons. The standard InChI is InChI=1S/C19H30O5.3CH3.Sn.H/c1-3-5-7-20-8-9-21-10-11-22-14-17-13-19-18(23-15-24-19)12-16(17)6-4-2;;;;;/h12-13H,3-11,14-15H2,1-2H3;3*1H3;;. The summed E-state index contributed by atoms with van der Waals surface area (Å²) in [6.07, 6.45) is 4.38. The van der Waals surface area contributed by atoms with E-state index in [9.17, 15) is 0 Å². The monoisotopic (exact) mass is 504 g/mol. The summed E-state index contributed by atoms with van der Waals surface area (Å²) in [6.45, 7) is 8.47. The zero-order valence-electron chi connectivity index (χ0n) is 18.6. The molecule has 0 spiro atoms. The molecule has 0 bridgehead atoms. The average molecular weight is 503 g/mol. The van der Waals surface area contributed by atoms with Crippen LogP contribution in [-0.4, -0.2) is 59.6 Å². The van der Waals surface area contributed by atoms with E-state index in [1.807, 2.05) is 6.07 Å². The molecular formula is C22H40O5Sn. The summed E-state index contributed by atoms with van der Waals surface area (Å²) in [4.78, 5) is 7.13. The number of ether oxygens (including phenoxy) is 5. The van der Waals surface area contributed by atoms with E-state index in [2.05, 4.69) is 34.7 Å². The summed E-state index contributed by atoms with van der Waals surface area (Å²) in [6, 6.07) is 4.12. The van der Waals surface area contributed by atoms with Gasteiger partial charge in [0.15, 0.2) is 11.5 Å². The summed E-state index contributed by atoms with van der Waals surface area (Å²) in [5.74, 6) is 1.66. The van der Waals surface area contributed by atoms with Gasteiger partial charge in [0.05, 0.1) is 33.0 Å². The van der Waals surface area contributed by atoms with Crippen molar-refractivity contribution in [2.24, 2.45) is 0 Å². The third-order valence-corrected chi connectivity index (χ3v) is 3.86. The van der Waals surface area contributed by atoms with Gasteiger partial charge in [-0.25, -0.2) is 0 Å². The summed E-state index contributed by atoms with van der Waals surface area (Å²) in [5.41, 5.74) is 2.44. The molecule has 2 rings (SSSR count). The number of unbranched alkanes of at least 4 members (excludes halogenated alkanes) is 1. The Hall–Kier alpha value is -0.501. The van der Waals surface area contributed by atoms with Crippen LogP contribution in [0.4, 0.5) is 0 Å². The second kappa shape index (κ2) is 16.3. The van der Waals surface area contributed by atoms with Gasteiger partial charge in [-0.3, -0.25) is 0 Å². The summed E-state index contributed by atoms with van der Waals surface area (Å²) in [5, 5.41) is 0. The molecule has 6 heteroatoms. The molecule has 0 atom stereocenters. The number of benzene rings is 1. The fraction of sp³-hybridized carbons (Fsp3) is 0.727. The third-order valence-electron chi connectivity index (χ3n) is 3.86. The molecule has 1 heterocycles. The Labute approximate surface area is 178 Å². The van der Waals surface area contributed by atoms with Crippen LogP contribution in [0.3, 0.4) is 0 Å². The van der Waals surface area contributed by atoms with Crippen molar-refractivity contribution in [2.45, 2.75) is 61.0 Å². The van der Waals surface area contributed by atoms with E-state index in [0.717, 1.165) is 43.8 Å². The Bertz CT molecular complexity index is 519. The van der Waals surface area contributed by atoms with Gasteiger partial charge < -0.3 is 23.7 Å². The van der Waals surface area contributed by atoms with Crippen LogP contribution in [0.5, 0.6) is 11.5 Å². The number of fused-ring (bicyclic) bond motifs is 1. The predicted octanol–water partition coefficient (Wildman–Crippen LogP) is 4.82. The van der Waals surface area contributed by atoms with Crippen molar-refractivity contribution < 1.29 is 23.7 Å². The first kappa shape index (κ1) is 25.5. The summed E-state index contributed by atoms with van der Waals surface area (Å²) < 4.78 is 27.6. The molecule has 1 aliphatic rings. The number of hydrogen-bond donors (Lipinski definition) is 0. The van der Waals surface area contributed by atoms with E-state index >= 15 is 0 Å². The number of rotatable bonds is 13. The van der Waals surface area contributed by atoms with Gasteiger partial charge in [-0.05, 0) is 36.1 Å². The van der Waals surface area contributed by atoms with E-state index in [-0.39, 0.29) is 0 Å². The van der Waals surface area contributed by atoms with E-state index in [0.29, 0.717) is 39.8 Å². The average Bonchev–Trinajstić information content (AvgIpc) is 3.10. The molecule has 0 aromatic heterocycles. The minimum atomic E-state index is -0.637. The van der Waals surface area contributed by atoms with E-state index in [4.69, 9.17) is 23.7 Å². The fourth-order valence-corrected chi connectivity index (χ4v) is 2.53. The maximum absolute atomic E-state index is 5.75. The van der Waals surface area contributed by atoms with Crippen LogP contribution in [0.2, 0.25) is 14.8 Å². The van der Waals surface area contributed by atoms with E-state index in [1.54, 1.807) is 0 Å². The van der Waals surface area contributed by atoms with Crippen molar-refractivity contribution in [3.8, 4) is 11.5 Å². The molecular weight excluding hydrogens is 463 g/mol. The first-order valence-electron chi connectivity index (χ1n) is 10.7. The van der Waals surface area contributed by atoms with Crippen LogP contribution in [0.1, 0.15) is 44.2 Å². The van der Waals surface area contributed by atoms with E-state index in [1.165, 1.54) is 11.1 Å². The zero-order chi connectivity index (χ0) is 20.6. The van der Waals surface area contributed by atoms with Gasteiger partial charge in [0.1, 0.15) is 0 Å². The predicted molar refractivity (Wildman–Crippen MR) is 118 cm³/mol. The molecule has 1 aromatic carbocycles. The zero-order valence-corrected chi connectivity index (χ0v) is 21.8. The van der Waals surface area contributed by atoms with Crippen molar-refractivity contribution >= 4 is 19.8 Å². The van der Waals surface area contributed by atoms with Gasteiger partial charge in [0.25, 0.3) is 0 Å². The Morgan fingerprint density at radius 2 is 1.32 bits per heavy atom. The first-order valence-corrected chi connectivity index (χ1v) is 20.6. The van der Waals surface area contributed by atoms with Crippen molar-refractivity contribution in [3.63, 3.8) is 0 Å². The van der Waals surface area contributed by atoms with Crippen LogP contribution >= 0.6 is 0 Å². The van der Waals surface area contributed by atoms with Crippen molar-refractivity contribution in [2.75, 3.05) is 39.8 Å². The Balaban J connectivity index is 0.000000892. The van der Waals surface area contributed by atoms with Crippen LogP contribution < -0.4 is 9.47 Å². The quantitative estimate of drug-likeness (QED) is 0.286. The van der Waals surface area contributed by atoms with Crippen LogP contribution in [0.25, 0.3) is 0 Å². The van der Waals surface area contributed by atoms with Crippen molar-refractivity contribution in [3.05, 3.63) is 23.3 Å². The maximum atomic E-state index is 5.75. The van der Waals surface area contributed by atoms with Crippen LogP contribution in [0.15, 0.2) is 12.1 Å². The summed E-state index contributed by atoms with van der Waals surface area (Å²) >= 11 is -0.637. The Morgan fingerprint density at radius 3 is 1.89 bits per heavy atom. The van der Waals surface area contributed by atoms with E-state index < -0.39 is 19.8 Å². The molecule has 0 saturated heterocycles. The normalized spacial score (nSPS) is 12.2. The topological polar surface area (TPSA) is 46.2 Å². The molecule has 28 heavy (non-hydrogen) atoms. The molecule has 1 aliphatic heterocycles. The Kier molecular flexibility index (Phi) is 14.9. The number of aryl methyl sites for hydroxylation is 1. The number of hydrogen-bond acceptors (Lipinski definition) is 5. The van der Waals surface area contributed by atoms with Gasteiger partial charge in [-0.2, -0.15) is 0 Å². The minimum absolute atomic E-state index is 0.305. The molecule has 0 unspecified atom stereocenters. The van der Waals surface area contributed by atoms with Crippen LogP contribution in [-0.2, 0) is 27.2 Å². The van der Waals surface area contributed by atoms with Gasteiger partial charge in [0, 0.05) is 6.61 Å². The second-order valence-corrected chi connectivity index (χ2v) is 17.5. The van der Waals surface area contributed by atoms with Gasteiger partial charge >= 0.3 is 34.6 Å². The SMILES string of the molecule is CCCCOCCOCCOCc1cc2c(cc1CCC)OCO2.[CH3][SnH]([CH3])[CH3]. The van der Waals surface area contributed by atoms with Crippen molar-refractivity contribution in [1.29, 1.82) is 0 Å². The molecule has 0 amide bonds. The molecule has 0 radical (unpaired) electrons. The fourth-order valence-electron chi connectivity index (χ4n) is 2.53. The first-order chi connectivity index (χ1) is 13.6.